The monoisotopic (exact) mass is 336 g/mol. The second-order valence-electron chi connectivity index (χ2n) is 4.94. The van der Waals surface area contributed by atoms with Gasteiger partial charge in [0.15, 0.2) is 0 Å². The second kappa shape index (κ2) is 9.58. The first-order chi connectivity index (χ1) is 9.94. The van der Waals surface area contributed by atoms with Gasteiger partial charge in [0.1, 0.15) is 5.75 Å². The summed E-state index contributed by atoms with van der Waals surface area (Å²) in [5.74, 6) is -0.0562. The van der Waals surface area contributed by atoms with Gasteiger partial charge in [-0.25, -0.2) is 0 Å². The molecule has 126 valence electrons. The third kappa shape index (κ3) is 6.15. The zero-order valence-electron chi connectivity index (χ0n) is 12.8. The summed E-state index contributed by atoms with van der Waals surface area (Å²) in [5.41, 5.74) is 6.08. The molecular weight excluding hydrogens is 314 g/mol. The molecule has 0 saturated heterocycles. The molecule has 0 radical (unpaired) electrons. The molecule has 0 bridgehead atoms. The summed E-state index contributed by atoms with van der Waals surface area (Å²) in [6.07, 6.45) is 1.69. The van der Waals surface area contributed by atoms with Crippen LogP contribution in [-0.2, 0) is 11.2 Å². The van der Waals surface area contributed by atoms with Crippen LogP contribution in [0.25, 0.3) is 0 Å². The molecule has 0 aliphatic heterocycles. The Morgan fingerprint density at radius 3 is 2.23 bits per heavy atom. The maximum Gasteiger partial charge on any atom is 0.387 e. The third-order valence-electron chi connectivity index (χ3n) is 3.66. The van der Waals surface area contributed by atoms with E-state index in [1.54, 1.807) is 12.1 Å². The molecular formula is C15H23ClF2N2O2. The van der Waals surface area contributed by atoms with Crippen molar-refractivity contribution in [3.05, 3.63) is 29.8 Å². The van der Waals surface area contributed by atoms with Crippen LogP contribution in [0.3, 0.4) is 0 Å². The first kappa shape index (κ1) is 20.6. The van der Waals surface area contributed by atoms with Gasteiger partial charge >= 0.3 is 6.61 Å². The minimum absolute atomic E-state index is 0. The molecule has 1 aromatic rings. The zero-order chi connectivity index (χ0) is 15.9. The molecule has 0 saturated carbocycles. The number of carbonyl (C=O) groups is 1. The molecule has 0 atom stereocenters. The van der Waals surface area contributed by atoms with Gasteiger partial charge in [-0.2, -0.15) is 8.78 Å². The van der Waals surface area contributed by atoms with Gasteiger partial charge in [-0.15, -0.1) is 12.4 Å². The average Bonchev–Trinajstić information content (AvgIpc) is 2.46. The Bertz CT molecular complexity index is 443. The fourth-order valence-corrected chi connectivity index (χ4v) is 2.08. The van der Waals surface area contributed by atoms with Gasteiger partial charge in [0.2, 0.25) is 5.91 Å². The molecule has 3 N–H and O–H groups in total. The number of halogens is 3. The summed E-state index contributed by atoms with van der Waals surface area (Å²) in [4.78, 5) is 12.0. The minimum Gasteiger partial charge on any atom is -0.435 e. The van der Waals surface area contributed by atoms with E-state index in [-0.39, 0.29) is 36.0 Å². The number of hydrogen-bond acceptors (Lipinski definition) is 3. The number of nitrogens with two attached hydrogens (primary N) is 1. The van der Waals surface area contributed by atoms with Crippen LogP contribution >= 0.6 is 12.4 Å². The molecule has 0 unspecified atom stereocenters. The fraction of sp³-hybridized carbons (Fsp3) is 0.533. The van der Waals surface area contributed by atoms with Gasteiger partial charge < -0.3 is 15.8 Å². The van der Waals surface area contributed by atoms with Crippen molar-refractivity contribution in [1.82, 2.24) is 5.32 Å². The van der Waals surface area contributed by atoms with E-state index in [0.717, 1.165) is 18.4 Å². The van der Waals surface area contributed by atoms with E-state index in [4.69, 9.17) is 5.73 Å². The van der Waals surface area contributed by atoms with Crippen LogP contribution in [0.15, 0.2) is 24.3 Å². The number of alkyl halides is 2. The van der Waals surface area contributed by atoms with Gasteiger partial charge in [-0.3, -0.25) is 4.79 Å². The Morgan fingerprint density at radius 1 is 1.27 bits per heavy atom. The third-order valence-corrected chi connectivity index (χ3v) is 3.66. The largest absolute Gasteiger partial charge is 0.435 e. The quantitative estimate of drug-likeness (QED) is 0.767. The Kier molecular flexibility index (Phi) is 8.97. The maximum absolute atomic E-state index is 12.0. The first-order valence-corrected chi connectivity index (χ1v) is 6.99. The molecule has 0 aromatic heterocycles. The van der Waals surface area contributed by atoms with Crippen LogP contribution in [0.2, 0.25) is 0 Å². The van der Waals surface area contributed by atoms with Crippen LogP contribution in [0, 0.1) is 0 Å². The van der Waals surface area contributed by atoms with Crippen molar-refractivity contribution in [2.24, 2.45) is 5.73 Å². The lowest BCUT2D eigenvalue weighted by atomic mass is 9.92. The van der Waals surface area contributed by atoms with E-state index < -0.39 is 6.61 Å². The van der Waals surface area contributed by atoms with Crippen LogP contribution < -0.4 is 15.8 Å². The highest BCUT2D eigenvalue weighted by molar-refractivity contribution is 5.85. The van der Waals surface area contributed by atoms with Gasteiger partial charge in [0.05, 0.1) is 12.0 Å². The first-order valence-electron chi connectivity index (χ1n) is 6.99. The van der Waals surface area contributed by atoms with Crippen molar-refractivity contribution in [2.45, 2.75) is 45.3 Å². The summed E-state index contributed by atoms with van der Waals surface area (Å²) in [7, 11) is 0. The normalized spacial score (nSPS) is 11.0. The fourth-order valence-electron chi connectivity index (χ4n) is 2.08. The lowest BCUT2D eigenvalue weighted by molar-refractivity contribution is -0.122. The highest BCUT2D eigenvalue weighted by Crippen LogP contribution is 2.16. The molecule has 4 nitrogen and oxygen atoms in total. The summed E-state index contributed by atoms with van der Waals surface area (Å²) in [5, 5.41) is 2.96. The molecule has 1 rings (SSSR count). The molecule has 0 fully saturated rings. The predicted molar refractivity (Wildman–Crippen MR) is 84.5 cm³/mol. The van der Waals surface area contributed by atoms with Gasteiger partial charge in [0, 0.05) is 6.54 Å². The number of hydrogen-bond donors (Lipinski definition) is 2. The number of benzene rings is 1. The van der Waals surface area contributed by atoms with Crippen molar-refractivity contribution in [1.29, 1.82) is 0 Å². The molecule has 0 aliphatic rings. The Balaban J connectivity index is 0.00000441. The van der Waals surface area contributed by atoms with E-state index in [2.05, 4.69) is 10.1 Å². The molecule has 0 heterocycles. The van der Waals surface area contributed by atoms with Gasteiger partial charge in [0.25, 0.3) is 0 Å². The Morgan fingerprint density at radius 2 is 1.82 bits per heavy atom. The highest BCUT2D eigenvalue weighted by atomic mass is 35.5. The molecule has 0 spiro atoms. The van der Waals surface area contributed by atoms with Gasteiger partial charge in [-0.1, -0.05) is 26.0 Å². The van der Waals surface area contributed by atoms with Crippen molar-refractivity contribution >= 4 is 18.3 Å². The topological polar surface area (TPSA) is 64.3 Å². The van der Waals surface area contributed by atoms with E-state index in [1.165, 1.54) is 12.1 Å². The molecule has 1 aromatic carbocycles. The zero-order valence-corrected chi connectivity index (χ0v) is 13.6. The predicted octanol–water partition coefficient (Wildman–Crippen LogP) is 2.89. The highest BCUT2D eigenvalue weighted by Gasteiger charge is 2.26. The SMILES string of the molecule is CCC(CC)(CN)NC(=O)Cc1ccc(OC(F)F)cc1.Cl. The van der Waals surface area contributed by atoms with E-state index in [0.29, 0.717) is 6.54 Å². The van der Waals surface area contributed by atoms with Crippen molar-refractivity contribution in [3.8, 4) is 5.75 Å². The summed E-state index contributed by atoms with van der Waals surface area (Å²) < 4.78 is 28.3. The number of rotatable bonds is 8. The molecule has 22 heavy (non-hydrogen) atoms. The lowest BCUT2D eigenvalue weighted by Crippen LogP contribution is -2.53. The van der Waals surface area contributed by atoms with Crippen LogP contribution in [-0.4, -0.2) is 24.6 Å². The van der Waals surface area contributed by atoms with E-state index >= 15 is 0 Å². The van der Waals surface area contributed by atoms with Gasteiger partial charge in [-0.05, 0) is 30.5 Å². The number of carbonyl (C=O) groups excluding carboxylic acids is 1. The lowest BCUT2D eigenvalue weighted by Gasteiger charge is -2.31. The van der Waals surface area contributed by atoms with E-state index in [9.17, 15) is 13.6 Å². The smallest absolute Gasteiger partial charge is 0.387 e. The van der Waals surface area contributed by atoms with Crippen LogP contribution in [0.1, 0.15) is 32.3 Å². The summed E-state index contributed by atoms with van der Waals surface area (Å²) in [6, 6.07) is 6.04. The minimum atomic E-state index is -2.85. The maximum atomic E-state index is 12.0. The molecule has 7 heteroatoms. The standard InChI is InChI=1S/C15H22F2N2O2.ClH/c1-3-15(4-2,10-18)19-13(20)9-11-5-7-12(8-6-11)21-14(16)17;/h5-8,14H,3-4,9-10,18H2,1-2H3,(H,19,20);1H. The Hall–Kier alpha value is -1.40. The van der Waals surface area contributed by atoms with E-state index in [1.807, 2.05) is 13.8 Å². The number of amides is 1. The van der Waals surface area contributed by atoms with Crippen LogP contribution in [0.5, 0.6) is 5.75 Å². The molecule has 1 amide bonds. The van der Waals surface area contributed by atoms with Crippen molar-refractivity contribution < 1.29 is 18.3 Å². The van der Waals surface area contributed by atoms with Crippen LogP contribution in [0.4, 0.5) is 8.78 Å². The number of ether oxygens (including phenoxy) is 1. The average molecular weight is 337 g/mol. The Labute approximate surface area is 135 Å². The second-order valence-corrected chi connectivity index (χ2v) is 4.94. The number of nitrogens with one attached hydrogen (secondary N) is 1. The van der Waals surface area contributed by atoms with Crippen molar-refractivity contribution in [2.75, 3.05) is 6.54 Å². The summed E-state index contributed by atoms with van der Waals surface area (Å²) in [6.45, 7) is 1.49. The van der Waals surface area contributed by atoms with Crippen molar-refractivity contribution in [3.63, 3.8) is 0 Å². The summed E-state index contributed by atoms with van der Waals surface area (Å²) >= 11 is 0. The molecule has 0 aliphatic carbocycles.